The van der Waals surface area contributed by atoms with Crippen LogP contribution in [0.1, 0.15) is 43.0 Å². The summed E-state index contributed by atoms with van der Waals surface area (Å²) in [4.78, 5) is 37.9. The molecule has 0 atom stereocenters. The molecular weight excluding hydrogens is 866 g/mol. The monoisotopic (exact) mass is 913 g/mol. The Labute approximate surface area is 387 Å². The van der Waals surface area contributed by atoms with Gasteiger partial charge in [-0.05, 0) is 59.7 Å². The van der Waals surface area contributed by atoms with Gasteiger partial charge in [-0.15, -0.1) is 0 Å². The molecule has 4 aromatic carbocycles. The van der Waals surface area contributed by atoms with Gasteiger partial charge in [-0.25, -0.2) is 9.97 Å². The van der Waals surface area contributed by atoms with Crippen LogP contribution in [0.25, 0.3) is 0 Å². The van der Waals surface area contributed by atoms with Gasteiger partial charge in [0.05, 0.1) is 21.2 Å². The highest BCUT2D eigenvalue weighted by atomic mass is 35.5. The maximum Gasteiger partial charge on any atom is 0.258 e. The molecular formula is C48H49Cl2N11O2S. The van der Waals surface area contributed by atoms with Gasteiger partial charge in [0.15, 0.2) is 0 Å². The van der Waals surface area contributed by atoms with Crippen molar-refractivity contribution in [1.82, 2.24) is 25.1 Å². The number of anilines is 4. The summed E-state index contributed by atoms with van der Waals surface area (Å²) >= 11 is 13.6. The number of thioether (sulfide) groups is 1. The van der Waals surface area contributed by atoms with Crippen LogP contribution in [0.4, 0.5) is 23.0 Å². The lowest BCUT2D eigenvalue weighted by molar-refractivity contribution is 0.101. The first-order valence-electron chi connectivity index (χ1n) is 20.9. The third-order valence-electron chi connectivity index (χ3n) is 10.5. The number of pyridine rings is 2. The Morgan fingerprint density at radius 1 is 0.578 bits per heavy atom. The number of carbonyl (C=O) groups excluding carboxylic acids is 2. The molecule has 328 valence electrons. The van der Waals surface area contributed by atoms with Crippen molar-refractivity contribution in [3.05, 3.63) is 177 Å². The fourth-order valence-electron chi connectivity index (χ4n) is 6.93. The fourth-order valence-corrected chi connectivity index (χ4v) is 8.06. The molecule has 2 aromatic heterocycles. The average Bonchev–Trinajstić information content (AvgIpc) is 3.35. The van der Waals surface area contributed by atoms with Gasteiger partial charge < -0.3 is 36.4 Å². The molecule has 2 amide bonds. The van der Waals surface area contributed by atoms with Crippen LogP contribution in [-0.4, -0.2) is 94.0 Å². The van der Waals surface area contributed by atoms with Crippen LogP contribution in [0.15, 0.2) is 134 Å². The van der Waals surface area contributed by atoms with Crippen molar-refractivity contribution in [2.75, 3.05) is 72.0 Å². The molecule has 7 N–H and O–H groups in total. The van der Waals surface area contributed by atoms with Gasteiger partial charge in [-0.2, -0.15) is 11.8 Å². The van der Waals surface area contributed by atoms with Crippen molar-refractivity contribution >= 4 is 81.5 Å². The molecule has 8 rings (SSSR count). The van der Waals surface area contributed by atoms with Crippen LogP contribution >= 0.6 is 35.0 Å². The molecule has 0 unspecified atom stereocenters. The van der Waals surface area contributed by atoms with E-state index in [0.717, 1.165) is 84.4 Å². The number of hydrogen-bond acceptors (Lipinski definition) is 10. The summed E-state index contributed by atoms with van der Waals surface area (Å²) < 4.78 is 0. The molecule has 2 aliphatic heterocycles. The van der Waals surface area contributed by atoms with E-state index in [1.165, 1.54) is 12.4 Å². The highest BCUT2D eigenvalue weighted by Gasteiger charge is 2.17. The molecule has 0 radical (unpaired) electrons. The van der Waals surface area contributed by atoms with Crippen molar-refractivity contribution < 1.29 is 9.59 Å². The summed E-state index contributed by atoms with van der Waals surface area (Å²) in [5, 5.41) is 33.5. The quantitative estimate of drug-likeness (QED) is 0.0465. The lowest BCUT2D eigenvalue weighted by atomic mass is 10.1. The third kappa shape index (κ3) is 12.8. The molecule has 0 spiro atoms. The van der Waals surface area contributed by atoms with Gasteiger partial charge in [-0.3, -0.25) is 20.4 Å². The molecule has 0 bridgehead atoms. The topological polar surface area (TPSA) is 174 Å². The first-order chi connectivity index (χ1) is 31.2. The van der Waals surface area contributed by atoms with E-state index in [-0.39, 0.29) is 11.8 Å². The Hall–Kier alpha value is -6.45. The number of nitrogens with zero attached hydrogens (tertiary/aromatic N) is 4. The van der Waals surface area contributed by atoms with E-state index < -0.39 is 0 Å². The van der Waals surface area contributed by atoms with Gasteiger partial charge in [0, 0.05) is 98.8 Å². The van der Waals surface area contributed by atoms with Crippen molar-refractivity contribution in [2.24, 2.45) is 0 Å². The zero-order valence-electron chi connectivity index (χ0n) is 35.0. The second-order valence-corrected chi connectivity index (χ2v) is 17.0. The number of amides is 2. The van der Waals surface area contributed by atoms with Gasteiger partial charge >= 0.3 is 0 Å². The molecule has 16 heteroatoms. The van der Waals surface area contributed by atoms with Gasteiger partial charge in [0.2, 0.25) is 0 Å². The number of carbonyl (C=O) groups is 2. The number of amidine groups is 2. The molecule has 4 heterocycles. The first kappa shape index (κ1) is 45.6. The van der Waals surface area contributed by atoms with Crippen molar-refractivity contribution in [2.45, 2.75) is 13.1 Å². The Balaban J connectivity index is 0.000000191. The maximum atomic E-state index is 12.7. The third-order valence-corrected chi connectivity index (χ3v) is 11.9. The molecule has 2 fully saturated rings. The van der Waals surface area contributed by atoms with E-state index in [0.29, 0.717) is 57.6 Å². The Bertz CT molecular complexity index is 2340. The minimum Gasteiger partial charge on any atom is -0.380 e. The van der Waals surface area contributed by atoms with E-state index in [2.05, 4.69) is 46.4 Å². The molecule has 6 aromatic rings. The molecule has 0 saturated carbocycles. The largest absolute Gasteiger partial charge is 0.380 e. The van der Waals surface area contributed by atoms with Crippen molar-refractivity contribution in [3.8, 4) is 0 Å². The number of rotatable bonds is 12. The number of para-hydroxylation sites is 2. The Morgan fingerprint density at radius 2 is 1.00 bits per heavy atom. The molecule has 2 aliphatic rings. The fraction of sp³-hybridized carbons (Fsp3) is 0.208. The van der Waals surface area contributed by atoms with Crippen LogP contribution in [0.2, 0.25) is 10.0 Å². The SMILES string of the molecule is N=C(c1ccc(CNc2ccccc2C(=O)Nc2ccc(Cl)cn2)cc1)N1CCNCC1.N=C(c1ccc(CNc2ccccc2C(=O)Nc2ccc(Cl)cn2)cc1)N1CCSCC1. The second-order valence-electron chi connectivity index (χ2n) is 14.9. The maximum absolute atomic E-state index is 12.7. The number of halogens is 2. The molecule has 2 saturated heterocycles. The predicted octanol–water partition coefficient (Wildman–Crippen LogP) is 8.80. The van der Waals surface area contributed by atoms with E-state index in [1.54, 1.807) is 36.4 Å². The highest BCUT2D eigenvalue weighted by molar-refractivity contribution is 7.99. The lowest BCUT2D eigenvalue weighted by Crippen LogP contribution is -2.46. The molecule has 64 heavy (non-hydrogen) atoms. The average molecular weight is 915 g/mol. The number of aromatic nitrogens is 2. The summed E-state index contributed by atoms with van der Waals surface area (Å²) in [5.41, 5.74) is 6.51. The summed E-state index contributed by atoms with van der Waals surface area (Å²) in [6.07, 6.45) is 2.99. The molecule has 13 nitrogen and oxygen atoms in total. The zero-order valence-corrected chi connectivity index (χ0v) is 37.4. The summed E-state index contributed by atoms with van der Waals surface area (Å²) in [6, 6.07) is 37.4. The van der Waals surface area contributed by atoms with E-state index in [1.807, 2.05) is 96.7 Å². The van der Waals surface area contributed by atoms with Crippen molar-refractivity contribution in [3.63, 3.8) is 0 Å². The van der Waals surface area contributed by atoms with E-state index >= 15 is 0 Å². The number of nitrogens with one attached hydrogen (secondary N) is 7. The van der Waals surface area contributed by atoms with Crippen LogP contribution in [0.5, 0.6) is 0 Å². The minimum atomic E-state index is -0.247. The Kier molecular flexibility index (Phi) is 16.2. The smallest absolute Gasteiger partial charge is 0.258 e. The van der Waals surface area contributed by atoms with Gasteiger partial charge in [0.25, 0.3) is 11.8 Å². The summed E-state index contributed by atoms with van der Waals surface area (Å²) in [6.45, 7) is 6.51. The second kappa shape index (κ2) is 22.8. The number of hydrogen-bond donors (Lipinski definition) is 7. The summed E-state index contributed by atoms with van der Waals surface area (Å²) in [7, 11) is 0. The lowest BCUT2D eigenvalue weighted by Gasteiger charge is -2.29. The van der Waals surface area contributed by atoms with Crippen LogP contribution in [0.3, 0.4) is 0 Å². The van der Waals surface area contributed by atoms with Crippen LogP contribution < -0.4 is 26.6 Å². The van der Waals surface area contributed by atoms with Crippen molar-refractivity contribution in [1.29, 1.82) is 10.8 Å². The first-order valence-corrected chi connectivity index (χ1v) is 22.8. The number of piperazine rings is 1. The predicted molar refractivity (Wildman–Crippen MR) is 262 cm³/mol. The van der Waals surface area contributed by atoms with E-state index in [4.69, 9.17) is 34.0 Å². The number of benzene rings is 4. The Morgan fingerprint density at radius 3 is 1.42 bits per heavy atom. The summed E-state index contributed by atoms with van der Waals surface area (Å²) in [5.74, 6) is 3.69. The standard InChI is InChI=1S/C24H25ClN6O.C24H24ClN5OS/c25-19-9-10-22(29-16-19)30-24(32)20-3-1-2-4-21(20)28-15-17-5-7-18(8-6-17)23(26)31-13-11-27-12-14-31;25-19-9-10-22(28-16-19)29-24(31)20-3-1-2-4-21(20)27-15-17-5-7-18(8-6-17)23(26)30-11-13-32-14-12-30/h1-10,16,26-28H,11-15H2,(H,29,30,32);1-10,16,26-27H,11-15H2,(H,28,29,31). The van der Waals surface area contributed by atoms with Gasteiger partial charge in [-0.1, -0.05) is 96.0 Å². The normalized spacial score (nSPS) is 13.5. The van der Waals surface area contributed by atoms with Crippen LogP contribution in [0, 0.1) is 10.8 Å². The van der Waals surface area contributed by atoms with E-state index in [9.17, 15) is 9.59 Å². The van der Waals surface area contributed by atoms with Crippen LogP contribution in [-0.2, 0) is 13.1 Å². The molecule has 0 aliphatic carbocycles. The zero-order chi connectivity index (χ0) is 44.7. The van der Waals surface area contributed by atoms with Gasteiger partial charge in [0.1, 0.15) is 23.3 Å². The highest BCUT2D eigenvalue weighted by Crippen LogP contribution is 2.22. The minimum absolute atomic E-state index is 0.244.